The van der Waals surface area contributed by atoms with E-state index in [0.29, 0.717) is 6.61 Å². The second-order valence-electron chi connectivity index (χ2n) is 1.26. The van der Waals surface area contributed by atoms with E-state index in [0.717, 1.165) is 6.42 Å². The molecule has 0 spiro atoms. The Balaban J connectivity index is 2.99. The summed E-state index contributed by atoms with van der Waals surface area (Å²) in [7, 11) is 1.59. The molecular formula is C4H11NO2S. The minimum absolute atomic E-state index is 0.549. The van der Waals surface area contributed by atoms with E-state index in [-0.39, 0.29) is 0 Å². The fraction of sp³-hybridized carbons (Fsp3) is 1.00. The largest absolute Gasteiger partial charge is 0.278 e. The van der Waals surface area contributed by atoms with E-state index in [1.807, 2.05) is 6.92 Å². The molecule has 3 nitrogen and oxygen atoms in total. The van der Waals surface area contributed by atoms with Crippen LogP contribution in [0.5, 0.6) is 0 Å². The van der Waals surface area contributed by atoms with E-state index in [2.05, 4.69) is 4.72 Å². The summed E-state index contributed by atoms with van der Waals surface area (Å²) < 4.78 is 17.5. The summed E-state index contributed by atoms with van der Waals surface area (Å²) in [6, 6.07) is 0. The average molecular weight is 137 g/mol. The van der Waals surface area contributed by atoms with Crippen LogP contribution in [0.2, 0.25) is 0 Å². The predicted octanol–water partition coefficient (Wildman–Crippen LogP) is 0.211. The number of hydrogen-bond donors (Lipinski definition) is 1. The SMILES string of the molecule is CCCOS(=O)NC. The van der Waals surface area contributed by atoms with E-state index in [4.69, 9.17) is 4.18 Å². The number of hydrogen-bond acceptors (Lipinski definition) is 2. The van der Waals surface area contributed by atoms with Gasteiger partial charge in [0, 0.05) is 0 Å². The Hall–Kier alpha value is 0.0700. The molecule has 0 saturated carbocycles. The molecule has 0 aromatic heterocycles. The maximum absolute atomic E-state index is 10.3. The monoisotopic (exact) mass is 137 g/mol. The third-order valence-corrected chi connectivity index (χ3v) is 1.28. The molecule has 0 aliphatic rings. The van der Waals surface area contributed by atoms with E-state index < -0.39 is 11.3 Å². The third-order valence-electron chi connectivity index (χ3n) is 0.561. The van der Waals surface area contributed by atoms with E-state index in [1.165, 1.54) is 0 Å². The molecule has 1 atom stereocenters. The number of rotatable bonds is 4. The molecule has 0 amide bonds. The van der Waals surface area contributed by atoms with Crippen LogP contribution in [0, 0.1) is 0 Å². The first-order valence-electron chi connectivity index (χ1n) is 2.53. The Morgan fingerprint density at radius 2 is 2.38 bits per heavy atom. The standard InChI is InChI=1S/C4H11NO2S/c1-3-4-7-8(6)5-2/h5H,3-4H2,1-2H3. The van der Waals surface area contributed by atoms with Crippen molar-refractivity contribution >= 4 is 11.3 Å². The molecule has 1 N–H and O–H groups in total. The molecule has 0 fully saturated rings. The smallest absolute Gasteiger partial charge is 0.234 e. The minimum Gasteiger partial charge on any atom is -0.278 e. The van der Waals surface area contributed by atoms with Gasteiger partial charge in [-0.25, -0.2) is 8.93 Å². The van der Waals surface area contributed by atoms with Gasteiger partial charge in [-0.05, 0) is 13.5 Å². The molecule has 50 valence electrons. The molecule has 0 aliphatic heterocycles. The average Bonchev–Trinajstić information content (AvgIpc) is 1.83. The highest BCUT2D eigenvalue weighted by atomic mass is 32.2. The summed E-state index contributed by atoms with van der Waals surface area (Å²) in [5.41, 5.74) is 0. The fourth-order valence-corrected chi connectivity index (χ4v) is 0.654. The van der Waals surface area contributed by atoms with Crippen molar-refractivity contribution in [2.24, 2.45) is 0 Å². The normalized spacial score (nSPS) is 13.8. The Labute approximate surface area is 52.2 Å². The summed E-state index contributed by atoms with van der Waals surface area (Å²) in [4.78, 5) is 0. The van der Waals surface area contributed by atoms with Crippen molar-refractivity contribution in [3.8, 4) is 0 Å². The lowest BCUT2D eigenvalue weighted by atomic mass is 10.5. The molecule has 4 heteroatoms. The van der Waals surface area contributed by atoms with Crippen molar-refractivity contribution in [2.75, 3.05) is 13.7 Å². The van der Waals surface area contributed by atoms with Crippen molar-refractivity contribution < 1.29 is 8.39 Å². The summed E-state index contributed by atoms with van der Waals surface area (Å²) in [5.74, 6) is 0. The van der Waals surface area contributed by atoms with Crippen molar-refractivity contribution in [3.05, 3.63) is 0 Å². The molecule has 0 rings (SSSR count). The lowest BCUT2D eigenvalue weighted by molar-refractivity contribution is 0.343. The molecule has 0 radical (unpaired) electrons. The maximum atomic E-state index is 10.3. The highest BCUT2D eigenvalue weighted by molar-refractivity contribution is 7.78. The van der Waals surface area contributed by atoms with E-state index in [1.54, 1.807) is 7.05 Å². The fourth-order valence-electron chi connectivity index (χ4n) is 0.218. The molecule has 0 heterocycles. The summed E-state index contributed by atoms with van der Waals surface area (Å²) in [5, 5.41) is 0. The summed E-state index contributed by atoms with van der Waals surface area (Å²) in [6.07, 6.45) is 0.896. The van der Waals surface area contributed by atoms with Crippen LogP contribution in [0.15, 0.2) is 0 Å². The second-order valence-corrected chi connectivity index (χ2v) is 2.37. The van der Waals surface area contributed by atoms with Crippen molar-refractivity contribution in [3.63, 3.8) is 0 Å². The quantitative estimate of drug-likeness (QED) is 0.601. The zero-order chi connectivity index (χ0) is 6.41. The van der Waals surface area contributed by atoms with Crippen LogP contribution < -0.4 is 4.72 Å². The van der Waals surface area contributed by atoms with Crippen LogP contribution in [-0.2, 0) is 15.4 Å². The van der Waals surface area contributed by atoms with Gasteiger partial charge in [0.2, 0.25) is 11.3 Å². The maximum Gasteiger partial charge on any atom is 0.234 e. The van der Waals surface area contributed by atoms with Gasteiger partial charge in [0.05, 0.1) is 6.61 Å². The van der Waals surface area contributed by atoms with Gasteiger partial charge in [0.15, 0.2) is 0 Å². The zero-order valence-corrected chi connectivity index (χ0v) is 5.96. The van der Waals surface area contributed by atoms with Gasteiger partial charge in [-0.3, -0.25) is 4.18 Å². The lowest BCUT2D eigenvalue weighted by Gasteiger charge is -1.96. The minimum atomic E-state index is -1.28. The summed E-state index contributed by atoms with van der Waals surface area (Å²) >= 11 is -1.28. The number of nitrogens with one attached hydrogen (secondary N) is 1. The first kappa shape index (κ1) is 8.07. The van der Waals surface area contributed by atoms with Gasteiger partial charge in [0.1, 0.15) is 0 Å². The van der Waals surface area contributed by atoms with Gasteiger partial charge < -0.3 is 0 Å². The topological polar surface area (TPSA) is 38.3 Å². The molecule has 0 aromatic carbocycles. The Morgan fingerprint density at radius 3 is 2.75 bits per heavy atom. The van der Waals surface area contributed by atoms with E-state index in [9.17, 15) is 4.21 Å². The highest BCUT2D eigenvalue weighted by Crippen LogP contribution is 1.81. The summed E-state index contributed by atoms with van der Waals surface area (Å²) in [6.45, 7) is 2.51. The van der Waals surface area contributed by atoms with Gasteiger partial charge in [-0.2, -0.15) is 0 Å². The van der Waals surface area contributed by atoms with Crippen LogP contribution >= 0.6 is 0 Å². The van der Waals surface area contributed by atoms with Crippen LogP contribution in [0.25, 0.3) is 0 Å². The second kappa shape index (κ2) is 5.21. The molecule has 0 aromatic rings. The Morgan fingerprint density at radius 1 is 1.75 bits per heavy atom. The van der Waals surface area contributed by atoms with Crippen molar-refractivity contribution in [1.82, 2.24) is 4.72 Å². The van der Waals surface area contributed by atoms with Crippen molar-refractivity contribution in [2.45, 2.75) is 13.3 Å². The van der Waals surface area contributed by atoms with Crippen LogP contribution in [-0.4, -0.2) is 17.9 Å². The van der Waals surface area contributed by atoms with Crippen LogP contribution in [0.1, 0.15) is 13.3 Å². The van der Waals surface area contributed by atoms with Crippen LogP contribution in [0.3, 0.4) is 0 Å². The Bertz CT molecular complexity index is 76.4. The predicted molar refractivity (Wildman–Crippen MR) is 33.4 cm³/mol. The molecular weight excluding hydrogens is 126 g/mol. The Kier molecular flexibility index (Phi) is 5.26. The third kappa shape index (κ3) is 4.23. The highest BCUT2D eigenvalue weighted by Gasteiger charge is 1.89. The van der Waals surface area contributed by atoms with E-state index >= 15 is 0 Å². The van der Waals surface area contributed by atoms with Crippen LogP contribution in [0.4, 0.5) is 0 Å². The molecule has 0 aliphatic carbocycles. The lowest BCUT2D eigenvalue weighted by Crippen LogP contribution is -2.13. The van der Waals surface area contributed by atoms with Crippen molar-refractivity contribution in [1.29, 1.82) is 0 Å². The molecule has 8 heavy (non-hydrogen) atoms. The molecule has 1 unspecified atom stereocenters. The molecule has 0 saturated heterocycles. The zero-order valence-electron chi connectivity index (χ0n) is 5.14. The van der Waals surface area contributed by atoms with Gasteiger partial charge in [-0.1, -0.05) is 6.92 Å². The van der Waals surface area contributed by atoms with Gasteiger partial charge in [-0.15, -0.1) is 0 Å². The van der Waals surface area contributed by atoms with Gasteiger partial charge >= 0.3 is 0 Å². The first-order valence-corrected chi connectivity index (χ1v) is 3.61. The molecule has 0 bridgehead atoms. The van der Waals surface area contributed by atoms with Gasteiger partial charge in [0.25, 0.3) is 0 Å². The first-order chi connectivity index (χ1) is 3.81.